The van der Waals surface area contributed by atoms with Gasteiger partial charge in [0.05, 0.1) is 66.9 Å². The second-order valence-electron chi connectivity index (χ2n) is 21.6. The van der Waals surface area contributed by atoms with Crippen molar-refractivity contribution in [1.29, 1.82) is 10.5 Å². The molecule has 0 spiro atoms. The number of rotatable bonds is 5. The number of benzene rings is 13. The van der Waals surface area contributed by atoms with Crippen molar-refractivity contribution in [3.8, 4) is 46.0 Å². The van der Waals surface area contributed by atoms with Crippen LogP contribution in [0.2, 0.25) is 0 Å². The summed E-state index contributed by atoms with van der Waals surface area (Å²) in [5.41, 5.74) is 13.6. The number of hydrogen-bond donors (Lipinski definition) is 0. The molecule has 0 radical (unpaired) electrons. The first-order valence-electron chi connectivity index (χ1n) is 28.0. The van der Waals surface area contributed by atoms with Crippen molar-refractivity contribution in [3.05, 3.63) is 266 Å². The van der Waals surface area contributed by atoms with Crippen LogP contribution >= 0.6 is 0 Å². The molecule has 18 aromatic rings. The van der Waals surface area contributed by atoms with E-state index in [9.17, 15) is 10.5 Å². The minimum absolute atomic E-state index is 0.373. The second kappa shape index (κ2) is 16.9. The van der Waals surface area contributed by atoms with Crippen LogP contribution < -0.4 is 0 Å². The standard InChI is InChI=1S/C76H42N6O/c77-43-59-71(79-61-31-10-3-22-48(61)49-23-4-11-32-62(49)79)72(80-63-33-12-5-24-50(63)51-25-6-13-34-64(51)80)60(44-78)74(73(59)81-65-35-14-7-26-52(65)53-27-8-15-36-66(53)81)82-67-37-18-30-56(55-29-17-20-46-40-39-45-19-1-2-21-47(45)69(46)55)70(67)58-42-41-57-54-28-9-16-38-68(54)83-76(57)75(58)82/h1-42H. The Balaban J connectivity index is 1.15. The van der Waals surface area contributed by atoms with Crippen molar-refractivity contribution in [2.75, 3.05) is 0 Å². The van der Waals surface area contributed by atoms with E-state index in [0.29, 0.717) is 39.5 Å². The normalized spacial score (nSPS) is 12.1. The summed E-state index contributed by atoms with van der Waals surface area (Å²) in [5.74, 6) is 0. The van der Waals surface area contributed by atoms with Crippen LogP contribution in [0.15, 0.2) is 259 Å². The lowest BCUT2D eigenvalue weighted by atomic mass is 9.91. The average molecular weight is 1060 g/mol. The van der Waals surface area contributed by atoms with Gasteiger partial charge >= 0.3 is 0 Å². The molecule has 18 rings (SSSR count). The van der Waals surface area contributed by atoms with Crippen molar-refractivity contribution >= 4 is 131 Å². The fraction of sp³-hybridized carbons (Fsp3) is 0. The van der Waals surface area contributed by atoms with Crippen molar-refractivity contribution in [1.82, 2.24) is 18.3 Å². The zero-order valence-corrected chi connectivity index (χ0v) is 44.3. The van der Waals surface area contributed by atoms with Crippen LogP contribution in [0.1, 0.15) is 11.1 Å². The number of hydrogen-bond acceptors (Lipinski definition) is 3. The average Bonchev–Trinajstić information content (AvgIpc) is 2.12. The molecular formula is C76H42N6O. The minimum atomic E-state index is 0.373. The highest BCUT2D eigenvalue weighted by atomic mass is 16.3. The van der Waals surface area contributed by atoms with E-state index in [4.69, 9.17) is 4.42 Å². The molecule has 0 fully saturated rings. The molecule has 0 aliphatic carbocycles. The van der Waals surface area contributed by atoms with Crippen LogP contribution in [0.5, 0.6) is 0 Å². The predicted molar refractivity (Wildman–Crippen MR) is 341 cm³/mol. The van der Waals surface area contributed by atoms with Crippen molar-refractivity contribution in [2.45, 2.75) is 0 Å². The molecule has 0 aliphatic heterocycles. The Hall–Kier alpha value is -11.6. The first-order valence-corrected chi connectivity index (χ1v) is 28.0. The maximum Gasteiger partial charge on any atom is 0.160 e. The van der Waals surface area contributed by atoms with Crippen molar-refractivity contribution < 1.29 is 4.42 Å². The fourth-order valence-corrected chi connectivity index (χ4v) is 14.3. The molecule has 0 N–H and O–H groups in total. The quantitative estimate of drug-likeness (QED) is 0.161. The smallest absolute Gasteiger partial charge is 0.160 e. The Bertz CT molecular complexity index is 5820. The third-order valence-corrected chi connectivity index (χ3v) is 17.6. The number of aromatic nitrogens is 4. The van der Waals surface area contributed by atoms with Gasteiger partial charge in [0.1, 0.15) is 28.8 Å². The van der Waals surface area contributed by atoms with Crippen LogP contribution in [0, 0.1) is 22.7 Å². The third-order valence-electron chi connectivity index (χ3n) is 17.6. The lowest BCUT2D eigenvalue weighted by Crippen LogP contribution is -2.16. The van der Waals surface area contributed by atoms with E-state index in [2.05, 4.69) is 273 Å². The Morgan fingerprint density at radius 3 is 1.12 bits per heavy atom. The Morgan fingerprint density at radius 2 is 0.627 bits per heavy atom. The van der Waals surface area contributed by atoms with Gasteiger partial charge in [0.15, 0.2) is 5.58 Å². The van der Waals surface area contributed by atoms with E-state index < -0.39 is 0 Å². The molecule has 5 heterocycles. The van der Waals surface area contributed by atoms with Crippen molar-refractivity contribution in [3.63, 3.8) is 0 Å². The number of para-hydroxylation sites is 7. The number of furan rings is 1. The summed E-state index contributed by atoms with van der Waals surface area (Å²) < 4.78 is 16.3. The summed E-state index contributed by atoms with van der Waals surface area (Å²) in [4.78, 5) is 0. The number of nitriles is 2. The van der Waals surface area contributed by atoms with Gasteiger partial charge in [-0.1, -0.05) is 200 Å². The third kappa shape index (κ3) is 5.99. The summed E-state index contributed by atoms with van der Waals surface area (Å²) >= 11 is 0. The van der Waals surface area contributed by atoms with Gasteiger partial charge in [-0.05, 0) is 87.3 Å². The van der Waals surface area contributed by atoms with Gasteiger partial charge in [-0.3, -0.25) is 0 Å². The first kappa shape index (κ1) is 45.2. The van der Waals surface area contributed by atoms with E-state index >= 15 is 0 Å². The molecule has 7 nitrogen and oxygen atoms in total. The fourth-order valence-electron chi connectivity index (χ4n) is 14.3. The number of fused-ring (bicyclic) bond motifs is 19. The van der Waals surface area contributed by atoms with Gasteiger partial charge in [-0.15, -0.1) is 0 Å². The Morgan fingerprint density at radius 1 is 0.265 bits per heavy atom. The summed E-state index contributed by atoms with van der Waals surface area (Å²) in [5, 5.41) is 40.6. The number of nitrogens with zero attached hydrogens (tertiary/aromatic N) is 6. The van der Waals surface area contributed by atoms with Gasteiger partial charge in [0, 0.05) is 53.9 Å². The molecule has 0 saturated carbocycles. The summed E-state index contributed by atoms with van der Waals surface area (Å²) in [7, 11) is 0. The van der Waals surface area contributed by atoms with E-state index in [0.717, 1.165) is 136 Å². The molecule has 83 heavy (non-hydrogen) atoms. The van der Waals surface area contributed by atoms with Gasteiger partial charge in [-0.25, -0.2) is 0 Å². The van der Waals surface area contributed by atoms with E-state index in [1.165, 1.54) is 0 Å². The molecule has 0 aliphatic rings. The minimum Gasteiger partial charge on any atom is -0.454 e. The highest BCUT2D eigenvalue weighted by Crippen LogP contribution is 2.51. The van der Waals surface area contributed by atoms with Crippen LogP contribution in [0.4, 0.5) is 0 Å². The highest BCUT2D eigenvalue weighted by Gasteiger charge is 2.35. The van der Waals surface area contributed by atoms with E-state index in [1.54, 1.807) is 0 Å². The maximum absolute atomic E-state index is 13.0. The summed E-state index contributed by atoms with van der Waals surface area (Å²) in [6, 6.07) is 95.4. The molecule has 5 aromatic heterocycles. The molecule has 0 bridgehead atoms. The van der Waals surface area contributed by atoms with Gasteiger partial charge in [-0.2, -0.15) is 10.5 Å². The van der Waals surface area contributed by atoms with Crippen molar-refractivity contribution in [2.24, 2.45) is 0 Å². The van der Waals surface area contributed by atoms with E-state index in [1.807, 2.05) is 12.1 Å². The molecule has 0 unspecified atom stereocenters. The summed E-state index contributed by atoms with van der Waals surface area (Å²) in [6.45, 7) is 0. The SMILES string of the molecule is N#Cc1c(-n2c3ccccc3c3ccccc32)c(-n2c3ccccc3c3ccccc32)c(C#N)c(-n2c3cccc(-c4cccc5ccc6ccccc6c45)c3c3ccc4c5ccccc5oc4c32)c1-n1c2ccccc2c2ccccc21. The topological polar surface area (TPSA) is 80.4 Å². The zero-order chi connectivity index (χ0) is 54.6. The lowest BCUT2D eigenvalue weighted by molar-refractivity contribution is 0.671. The Labute approximate surface area is 473 Å². The molecule has 0 amide bonds. The largest absolute Gasteiger partial charge is 0.454 e. The van der Waals surface area contributed by atoms with Gasteiger partial charge in [0.25, 0.3) is 0 Å². The molecule has 0 saturated heterocycles. The zero-order valence-electron chi connectivity index (χ0n) is 44.3. The maximum atomic E-state index is 13.0. The molecule has 382 valence electrons. The summed E-state index contributed by atoms with van der Waals surface area (Å²) in [6.07, 6.45) is 0. The monoisotopic (exact) mass is 1050 g/mol. The molecule has 0 atom stereocenters. The van der Waals surface area contributed by atoms with Crippen LogP contribution in [0.3, 0.4) is 0 Å². The second-order valence-corrected chi connectivity index (χ2v) is 21.6. The molecular weight excluding hydrogens is 1010 g/mol. The van der Waals surface area contributed by atoms with Crippen LogP contribution in [0.25, 0.3) is 165 Å². The predicted octanol–water partition coefficient (Wildman–Crippen LogP) is 19.7. The van der Waals surface area contributed by atoms with Crippen LogP contribution in [-0.2, 0) is 0 Å². The molecule has 7 heteroatoms. The Kier molecular flexibility index (Phi) is 9.23. The first-order chi connectivity index (χ1) is 41.2. The lowest BCUT2D eigenvalue weighted by Gasteiger charge is -2.27. The molecule has 13 aromatic carbocycles. The van der Waals surface area contributed by atoms with E-state index in [-0.39, 0.29) is 0 Å². The van der Waals surface area contributed by atoms with Gasteiger partial charge in [0.2, 0.25) is 0 Å². The van der Waals surface area contributed by atoms with Gasteiger partial charge < -0.3 is 22.7 Å². The highest BCUT2D eigenvalue weighted by molar-refractivity contribution is 6.27. The van der Waals surface area contributed by atoms with Crippen LogP contribution in [-0.4, -0.2) is 18.3 Å².